The molecular weight excluding hydrogens is 462 g/mol. The normalized spacial score (nSPS) is 14.3. The second-order valence-corrected chi connectivity index (χ2v) is 9.06. The zero-order valence-electron chi connectivity index (χ0n) is 20.3. The van der Waals surface area contributed by atoms with E-state index < -0.39 is 5.97 Å². The molecule has 1 aliphatic heterocycles. The Labute approximate surface area is 211 Å². The average molecular weight is 490 g/mol. The number of rotatable bonds is 8. The molecule has 3 aromatic rings. The molecule has 0 saturated carbocycles. The minimum absolute atomic E-state index is 0.194. The maximum absolute atomic E-state index is 12.5. The molecule has 0 radical (unpaired) electrons. The van der Waals surface area contributed by atoms with Crippen molar-refractivity contribution in [2.45, 2.75) is 40.2 Å². The fourth-order valence-corrected chi connectivity index (χ4v) is 3.89. The van der Waals surface area contributed by atoms with Gasteiger partial charge in [-0.05, 0) is 66.8 Å². The first-order valence-electron chi connectivity index (χ1n) is 11.6. The fraction of sp³-hybridized carbons (Fsp3) is 0.241. The van der Waals surface area contributed by atoms with Crippen molar-refractivity contribution < 1.29 is 19.0 Å². The van der Waals surface area contributed by atoms with E-state index in [1.54, 1.807) is 18.2 Å². The van der Waals surface area contributed by atoms with E-state index in [0.29, 0.717) is 41.2 Å². The Morgan fingerprint density at radius 2 is 1.74 bits per heavy atom. The van der Waals surface area contributed by atoms with Crippen LogP contribution in [0.4, 0.5) is 0 Å². The van der Waals surface area contributed by atoms with E-state index in [2.05, 4.69) is 18.8 Å². The van der Waals surface area contributed by atoms with Crippen molar-refractivity contribution in [3.8, 4) is 11.5 Å². The predicted octanol–water partition coefficient (Wildman–Crippen LogP) is 7.09. The van der Waals surface area contributed by atoms with Gasteiger partial charge in [-0.15, -0.1) is 0 Å². The van der Waals surface area contributed by atoms with Gasteiger partial charge in [-0.25, -0.2) is 9.79 Å². The molecule has 0 fully saturated rings. The molecule has 0 aliphatic carbocycles. The number of aliphatic imine (C=N–C) groups is 1. The highest BCUT2D eigenvalue weighted by molar-refractivity contribution is 6.32. The standard InChI is InChI=1S/C29H28ClNO4/c1-5-33-26-16-21(14-24(30)27(26)34-17-20-8-6-19(4)7-9-20)15-25-29(32)35-28(31-25)23-12-10-22(11-13-23)18(2)3/h6-16,18H,5,17H2,1-4H3/b25-15-. The maximum Gasteiger partial charge on any atom is 0.363 e. The van der Waals surface area contributed by atoms with Crippen LogP contribution in [0, 0.1) is 6.92 Å². The summed E-state index contributed by atoms with van der Waals surface area (Å²) in [5, 5.41) is 0.384. The number of cyclic esters (lactones) is 1. The molecule has 1 aliphatic rings. The van der Waals surface area contributed by atoms with Gasteiger partial charge < -0.3 is 14.2 Å². The summed E-state index contributed by atoms with van der Waals surface area (Å²) in [5.74, 6) is 1.15. The quantitative estimate of drug-likeness (QED) is 0.250. The van der Waals surface area contributed by atoms with Gasteiger partial charge in [0.05, 0.1) is 11.6 Å². The van der Waals surface area contributed by atoms with Gasteiger partial charge in [0.25, 0.3) is 0 Å². The van der Waals surface area contributed by atoms with Crippen LogP contribution in [-0.2, 0) is 16.1 Å². The largest absolute Gasteiger partial charge is 0.490 e. The number of carbonyl (C=O) groups excluding carboxylic acids is 1. The molecule has 1 heterocycles. The van der Waals surface area contributed by atoms with Gasteiger partial charge in [-0.1, -0.05) is 67.4 Å². The predicted molar refractivity (Wildman–Crippen MR) is 139 cm³/mol. The molecule has 180 valence electrons. The first-order valence-corrected chi connectivity index (χ1v) is 12.0. The topological polar surface area (TPSA) is 57.1 Å². The third kappa shape index (κ3) is 5.92. The number of halogens is 1. The van der Waals surface area contributed by atoms with Crippen LogP contribution in [0.5, 0.6) is 11.5 Å². The van der Waals surface area contributed by atoms with Crippen LogP contribution >= 0.6 is 11.6 Å². The maximum atomic E-state index is 12.5. The summed E-state index contributed by atoms with van der Waals surface area (Å²) in [5.41, 5.74) is 5.02. The van der Waals surface area contributed by atoms with Crippen LogP contribution in [0.2, 0.25) is 5.02 Å². The molecule has 0 spiro atoms. The Bertz CT molecular complexity index is 1280. The summed E-state index contributed by atoms with van der Waals surface area (Å²) in [4.78, 5) is 16.9. The molecular formula is C29H28ClNO4. The van der Waals surface area contributed by atoms with Gasteiger partial charge in [0.15, 0.2) is 17.2 Å². The lowest BCUT2D eigenvalue weighted by atomic mass is 10.0. The second-order valence-electron chi connectivity index (χ2n) is 8.65. The summed E-state index contributed by atoms with van der Waals surface area (Å²) in [7, 11) is 0. The number of nitrogens with zero attached hydrogens (tertiary/aromatic N) is 1. The molecule has 0 N–H and O–H groups in total. The lowest BCUT2D eigenvalue weighted by molar-refractivity contribution is -0.129. The highest BCUT2D eigenvalue weighted by Gasteiger charge is 2.24. The van der Waals surface area contributed by atoms with Crippen molar-refractivity contribution in [1.82, 2.24) is 0 Å². The number of esters is 1. The van der Waals surface area contributed by atoms with Crippen LogP contribution < -0.4 is 9.47 Å². The number of ether oxygens (including phenoxy) is 3. The Kier molecular flexibility index (Phi) is 7.57. The lowest BCUT2D eigenvalue weighted by Crippen LogP contribution is -2.05. The van der Waals surface area contributed by atoms with Crippen molar-refractivity contribution >= 4 is 29.5 Å². The molecule has 0 aromatic heterocycles. The summed E-state index contributed by atoms with van der Waals surface area (Å²) < 4.78 is 17.2. The van der Waals surface area contributed by atoms with Gasteiger partial charge in [0.1, 0.15) is 6.61 Å². The van der Waals surface area contributed by atoms with Gasteiger partial charge in [0, 0.05) is 5.56 Å². The molecule has 3 aromatic carbocycles. The van der Waals surface area contributed by atoms with E-state index in [1.807, 2.05) is 62.4 Å². The van der Waals surface area contributed by atoms with Crippen molar-refractivity contribution in [1.29, 1.82) is 0 Å². The van der Waals surface area contributed by atoms with E-state index >= 15 is 0 Å². The number of hydrogen-bond acceptors (Lipinski definition) is 5. The molecule has 0 unspecified atom stereocenters. The lowest BCUT2D eigenvalue weighted by Gasteiger charge is -2.14. The number of benzene rings is 3. The Balaban J connectivity index is 1.58. The molecule has 5 nitrogen and oxygen atoms in total. The average Bonchev–Trinajstić information content (AvgIpc) is 3.20. The summed E-state index contributed by atoms with van der Waals surface area (Å²) >= 11 is 6.56. The van der Waals surface area contributed by atoms with Crippen molar-refractivity contribution in [2.24, 2.45) is 4.99 Å². The highest BCUT2D eigenvalue weighted by Crippen LogP contribution is 2.38. The van der Waals surface area contributed by atoms with E-state index in [0.717, 1.165) is 11.1 Å². The molecule has 0 bridgehead atoms. The van der Waals surface area contributed by atoms with Crippen molar-refractivity contribution in [3.63, 3.8) is 0 Å². The monoisotopic (exact) mass is 489 g/mol. The third-order valence-corrected chi connectivity index (χ3v) is 5.86. The highest BCUT2D eigenvalue weighted by atomic mass is 35.5. The number of carbonyl (C=O) groups is 1. The van der Waals surface area contributed by atoms with Crippen LogP contribution in [0.3, 0.4) is 0 Å². The van der Waals surface area contributed by atoms with Crippen LogP contribution in [0.25, 0.3) is 6.08 Å². The zero-order valence-corrected chi connectivity index (χ0v) is 21.1. The summed E-state index contributed by atoms with van der Waals surface area (Å²) in [6.45, 7) is 8.98. The zero-order chi connectivity index (χ0) is 24.9. The summed E-state index contributed by atoms with van der Waals surface area (Å²) in [6.07, 6.45) is 1.63. The van der Waals surface area contributed by atoms with E-state index in [1.165, 1.54) is 11.1 Å². The van der Waals surface area contributed by atoms with Crippen LogP contribution in [-0.4, -0.2) is 18.5 Å². The van der Waals surface area contributed by atoms with Gasteiger partial charge >= 0.3 is 5.97 Å². The molecule has 4 rings (SSSR count). The molecule has 0 saturated heterocycles. The van der Waals surface area contributed by atoms with Gasteiger partial charge in [0.2, 0.25) is 5.90 Å². The number of aryl methyl sites for hydroxylation is 1. The minimum Gasteiger partial charge on any atom is -0.490 e. The Hall–Kier alpha value is -3.57. The Morgan fingerprint density at radius 3 is 2.40 bits per heavy atom. The van der Waals surface area contributed by atoms with Crippen molar-refractivity contribution in [2.75, 3.05) is 6.61 Å². The van der Waals surface area contributed by atoms with Crippen molar-refractivity contribution in [3.05, 3.63) is 99.2 Å². The van der Waals surface area contributed by atoms with E-state index in [9.17, 15) is 4.79 Å². The smallest absolute Gasteiger partial charge is 0.363 e. The SMILES string of the molecule is CCOc1cc(/C=C2\N=C(c3ccc(C(C)C)cc3)OC2=O)cc(Cl)c1OCc1ccc(C)cc1. The van der Waals surface area contributed by atoms with Gasteiger partial charge in [-0.3, -0.25) is 0 Å². The van der Waals surface area contributed by atoms with Crippen LogP contribution in [0.1, 0.15) is 54.5 Å². The minimum atomic E-state index is -0.512. The van der Waals surface area contributed by atoms with Crippen LogP contribution in [0.15, 0.2) is 71.4 Å². The number of hydrogen-bond donors (Lipinski definition) is 0. The van der Waals surface area contributed by atoms with E-state index in [4.69, 9.17) is 25.8 Å². The first kappa shape index (κ1) is 24.6. The molecule has 0 amide bonds. The van der Waals surface area contributed by atoms with Gasteiger partial charge in [-0.2, -0.15) is 0 Å². The first-order chi connectivity index (χ1) is 16.8. The second kappa shape index (κ2) is 10.8. The fourth-order valence-electron chi connectivity index (χ4n) is 3.62. The molecule has 35 heavy (non-hydrogen) atoms. The molecule has 6 heteroatoms. The third-order valence-electron chi connectivity index (χ3n) is 5.58. The van der Waals surface area contributed by atoms with E-state index in [-0.39, 0.29) is 11.6 Å². The molecule has 0 atom stereocenters. The Morgan fingerprint density at radius 1 is 1.03 bits per heavy atom. The summed E-state index contributed by atoms with van der Waals surface area (Å²) in [6, 6.07) is 19.5.